The first-order valence-corrected chi connectivity index (χ1v) is 9.49. The maximum absolute atomic E-state index is 13.4. The highest BCUT2D eigenvalue weighted by Gasteiger charge is 2.20. The second-order valence-corrected chi connectivity index (χ2v) is 7.04. The van der Waals surface area contributed by atoms with Gasteiger partial charge in [0.2, 0.25) is 5.95 Å². The van der Waals surface area contributed by atoms with Gasteiger partial charge in [0, 0.05) is 31.0 Å². The molecule has 0 bridgehead atoms. The first kappa shape index (κ1) is 17.7. The van der Waals surface area contributed by atoms with Gasteiger partial charge in [-0.3, -0.25) is 9.55 Å². The van der Waals surface area contributed by atoms with E-state index in [0.29, 0.717) is 37.4 Å². The molecule has 1 saturated heterocycles. The molecule has 1 aliphatic heterocycles. The topological polar surface area (TPSA) is 59.7 Å². The van der Waals surface area contributed by atoms with Crippen LogP contribution in [0.25, 0.3) is 28.1 Å². The summed E-state index contributed by atoms with van der Waals surface area (Å²) in [7, 11) is 0. The van der Waals surface area contributed by atoms with E-state index in [1.807, 2.05) is 22.8 Å². The SMILES string of the molecule is Fc1ccc(-n2c(-c3ccc(N4CCC(F)CC4)nc3)nc3ccncc32)cn1. The zero-order valence-corrected chi connectivity index (χ0v) is 15.5. The lowest BCUT2D eigenvalue weighted by molar-refractivity contribution is 0.276. The van der Waals surface area contributed by atoms with E-state index in [2.05, 4.69) is 19.9 Å². The third-order valence-corrected chi connectivity index (χ3v) is 5.18. The van der Waals surface area contributed by atoms with Gasteiger partial charge in [0.05, 0.1) is 29.1 Å². The fourth-order valence-electron chi connectivity index (χ4n) is 3.66. The van der Waals surface area contributed by atoms with Crippen molar-refractivity contribution in [2.45, 2.75) is 19.0 Å². The quantitative estimate of drug-likeness (QED) is 0.494. The minimum atomic E-state index is -0.719. The van der Waals surface area contributed by atoms with E-state index in [9.17, 15) is 8.78 Å². The summed E-state index contributed by atoms with van der Waals surface area (Å²) >= 11 is 0. The Hall–Kier alpha value is -3.42. The first-order chi connectivity index (χ1) is 14.2. The monoisotopic (exact) mass is 392 g/mol. The van der Waals surface area contributed by atoms with E-state index < -0.39 is 12.1 Å². The molecule has 0 spiro atoms. The van der Waals surface area contributed by atoms with E-state index in [4.69, 9.17) is 4.98 Å². The average Bonchev–Trinajstić information content (AvgIpc) is 3.15. The summed E-state index contributed by atoms with van der Waals surface area (Å²) in [5.41, 5.74) is 3.07. The number of rotatable bonds is 3. The standard InChI is InChI=1S/C21H18F2N6/c22-15-6-9-28(10-7-15)20-4-1-14(11-26-20)21-27-17-5-8-24-13-18(17)29(21)16-2-3-19(23)25-12-16/h1-5,8,11-13,15H,6-7,9-10H2. The van der Waals surface area contributed by atoms with Crippen LogP contribution in [0.15, 0.2) is 55.1 Å². The van der Waals surface area contributed by atoms with Gasteiger partial charge in [0.25, 0.3) is 0 Å². The van der Waals surface area contributed by atoms with Crippen LogP contribution in [0.3, 0.4) is 0 Å². The molecule has 0 amide bonds. The van der Waals surface area contributed by atoms with E-state index in [0.717, 1.165) is 22.4 Å². The molecule has 6 nitrogen and oxygen atoms in total. The molecule has 1 fully saturated rings. The largest absolute Gasteiger partial charge is 0.356 e. The maximum Gasteiger partial charge on any atom is 0.212 e. The molecule has 0 radical (unpaired) electrons. The van der Waals surface area contributed by atoms with Gasteiger partial charge in [-0.2, -0.15) is 4.39 Å². The number of nitrogens with zero attached hydrogens (tertiary/aromatic N) is 6. The van der Waals surface area contributed by atoms with E-state index >= 15 is 0 Å². The Morgan fingerprint density at radius 2 is 1.79 bits per heavy atom. The van der Waals surface area contributed by atoms with Gasteiger partial charge in [-0.25, -0.2) is 19.3 Å². The number of hydrogen-bond donors (Lipinski definition) is 0. The zero-order valence-electron chi connectivity index (χ0n) is 15.5. The van der Waals surface area contributed by atoms with Crippen LogP contribution in [0.5, 0.6) is 0 Å². The molecule has 0 aliphatic carbocycles. The number of piperidine rings is 1. The predicted octanol–water partition coefficient (Wildman–Crippen LogP) is 3.95. The van der Waals surface area contributed by atoms with Crippen molar-refractivity contribution in [2.24, 2.45) is 0 Å². The van der Waals surface area contributed by atoms with Crippen molar-refractivity contribution < 1.29 is 8.78 Å². The molecule has 0 unspecified atom stereocenters. The van der Waals surface area contributed by atoms with Gasteiger partial charge >= 0.3 is 0 Å². The number of aromatic nitrogens is 5. The second kappa shape index (κ2) is 7.20. The van der Waals surface area contributed by atoms with Crippen molar-refractivity contribution in [3.63, 3.8) is 0 Å². The Morgan fingerprint density at radius 1 is 0.931 bits per heavy atom. The van der Waals surface area contributed by atoms with Gasteiger partial charge in [0.15, 0.2) is 0 Å². The molecule has 0 N–H and O–H groups in total. The van der Waals surface area contributed by atoms with Crippen LogP contribution >= 0.6 is 0 Å². The summed E-state index contributed by atoms with van der Waals surface area (Å²) in [5, 5.41) is 0. The van der Waals surface area contributed by atoms with Crippen molar-refractivity contribution in [2.75, 3.05) is 18.0 Å². The number of anilines is 1. The molecule has 29 heavy (non-hydrogen) atoms. The van der Waals surface area contributed by atoms with Crippen molar-refractivity contribution in [3.05, 3.63) is 61.1 Å². The van der Waals surface area contributed by atoms with Crippen molar-refractivity contribution >= 4 is 16.9 Å². The van der Waals surface area contributed by atoms with E-state index in [-0.39, 0.29) is 0 Å². The smallest absolute Gasteiger partial charge is 0.212 e. The van der Waals surface area contributed by atoms with Crippen molar-refractivity contribution in [1.29, 1.82) is 0 Å². The van der Waals surface area contributed by atoms with Gasteiger partial charge in [-0.15, -0.1) is 0 Å². The van der Waals surface area contributed by atoms with Crippen LogP contribution < -0.4 is 4.90 Å². The fraction of sp³-hybridized carbons (Fsp3) is 0.238. The summed E-state index contributed by atoms with van der Waals surface area (Å²) in [4.78, 5) is 19.4. The van der Waals surface area contributed by atoms with Gasteiger partial charge in [0.1, 0.15) is 17.8 Å². The molecule has 8 heteroatoms. The second-order valence-electron chi connectivity index (χ2n) is 7.04. The lowest BCUT2D eigenvalue weighted by atomic mass is 10.1. The highest BCUT2D eigenvalue weighted by molar-refractivity contribution is 5.82. The lowest BCUT2D eigenvalue weighted by Gasteiger charge is -2.29. The summed E-state index contributed by atoms with van der Waals surface area (Å²) < 4.78 is 28.6. The molecule has 5 rings (SSSR count). The molecule has 0 aromatic carbocycles. The highest BCUT2D eigenvalue weighted by atomic mass is 19.1. The number of fused-ring (bicyclic) bond motifs is 1. The number of hydrogen-bond acceptors (Lipinski definition) is 5. The third-order valence-electron chi connectivity index (χ3n) is 5.18. The molecule has 5 heterocycles. The molecular formula is C21H18F2N6. The van der Waals surface area contributed by atoms with Crippen LogP contribution in [0.1, 0.15) is 12.8 Å². The van der Waals surface area contributed by atoms with Gasteiger partial charge in [-0.05, 0) is 43.2 Å². The van der Waals surface area contributed by atoms with Crippen LogP contribution in [0.4, 0.5) is 14.6 Å². The zero-order chi connectivity index (χ0) is 19.8. The molecule has 0 saturated carbocycles. The third kappa shape index (κ3) is 3.30. The lowest BCUT2D eigenvalue weighted by Crippen LogP contribution is -2.34. The van der Waals surface area contributed by atoms with Crippen molar-refractivity contribution in [3.8, 4) is 17.1 Å². The van der Waals surface area contributed by atoms with E-state index in [1.165, 1.54) is 12.3 Å². The molecule has 4 aromatic heterocycles. The average molecular weight is 392 g/mol. The summed E-state index contributed by atoms with van der Waals surface area (Å²) in [6, 6.07) is 8.68. The number of pyridine rings is 3. The summed E-state index contributed by atoms with van der Waals surface area (Å²) in [6.45, 7) is 1.33. The Balaban J connectivity index is 1.56. The minimum absolute atomic E-state index is 0.532. The normalized spacial score (nSPS) is 15.2. The minimum Gasteiger partial charge on any atom is -0.356 e. The van der Waals surface area contributed by atoms with E-state index in [1.54, 1.807) is 24.7 Å². The van der Waals surface area contributed by atoms with Crippen LogP contribution in [-0.4, -0.2) is 43.8 Å². The first-order valence-electron chi connectivity index (χ1n) is 9.49. The number of alkyl halides is 1. The molecular weight excluding hydrogens is 374 g/mol. The maximum atomic E-state index is 13.4. The Morgan fingerprint density at radius 3 is 2.52 bits per heavy atom. The summed E-state index contributed by atoms with van der Waals surface area (Å²) in [5.74, 6) is 0.956. The molecule has 0 atom stereocenters. The van der Waals surface area contributed by atoms with Crippen LogP contribution in [0, 0.1) is 5.95 Å². The molecule has 1 aliphatic rings. The number of halogens is 2. The Bertz CT molecular complexity index is 1130. The highest BCUT2D eigenvalue weighted by Crippen LogP contribution is 2.29. The molecule has 4 aromatic rings. The molecule has 146 valence electrons. The van der Waals surface area contributed by atoms with Crippen molar-refractivity contribution in [1.82, 2.24) is 24.5 Å². The predicted molar refractivity (Wildman–Crippen MR) is 106 cm³/mol. The van der Waals surface area contributed by atoms with Crippen LogP contribution in [0.2, 0.25) is 0 Å². The summed E-state index contributed by atoms with van der Waals surface area (Å²) in [6.07, 6.45) is 6.98. The Labute approximate surface area is 165 Å². The van der Waals surface area contributed by atoms with Crippen LogP contribution in [-0.2, 0) is 0 Å². The van der Waals surface area contributed by atoms with Gasteiger partial charge < -0.3 is 4.90 Å². The van der Waals surface area contributed by atoms with Gasteiger partial charge in [-0.1, -0.05) is 0 Å². The Kier molecular flexibility index (Phi) is 4.38. The number of imidazole rings is 1. The fourth-order valence-corrected chi connectivity index (χ4v) is 3.66.